The van der Waals surface area contributed by atoms with Crippen LogP contribution in [0.1, 0.15) is 6.42 Å². The molecule has 1 rings (SSSR count). The number of nitriles is 2. The Kier molecular flexibility index (Phi) is 9.45. The van der Waals surface area contributed by atoms with Crippen molar-refractivity contribution >= 4 is 27.8 Å². The van der Waals surface area contributed by atoms with E-state index in [2.05, 4.69) is 18.6 Å². The summed E-state index contributed by atoms with van der Waals surface area (Å²) in [5.74, 6) is -0.775. The number of rotatable bonds is 9. The van der Waals surface area contributed by atoms with E-state index in [0.29, 0.717) is 0 Å². The summed E-state index contributed by atoms with van der Waals surface area (Å²) in [4.78, 5) is 17.5. The van der Waals surface area contributed by atoms with Crippen LogP contribution in [-0.4, -0.2) is 45.9 Å². The second kappa shape index (κ2) is 11.8. The molecule has 0 atom stereocenters. The van der Waals surface area contributed by atoms with Crippen LogP contribution in [0.15, 0.2) is 12.1 Å². The molecule has 1 aromatic rings. The Morgan fingerprint density at radius 3 is 1.90 bits per heavy atom. The van der Waals surface area contributed by atoms with Crippen molar-refractivity contribution in [3.8, 4) is 23.6 Å². The van der Waals surface area contributed by atoms with Crippen LogP contribution in [0, 0.1) is 35.8 Å². The van der Waals surface area contributed by atoms with Gasteiger partial charge in [0.05, 0.1) is 45.4 Å². The molecule has 0 aliphatic rings. The van der Waals surface area contributed by atoms with E-state index in [0.717, 1.165) is 6.07 Å². The Bertz CT molecular complexity index is 1210. The van der Waals surface area contributed by atoms with E-state index in [-0.39, 0.29) is 35.0 Å². The molecule has 0 unspecified atom stereocenters. The van der Waals surface area contributed by atoms with E-state index >= 15 is 0 Å². The molecular weight excluding hydrogens is 432 g/mol. The zero-order chi connectivity index (χ0) is 23.4. The lowest BCUT2D eigenvalue weighted by atomic mass is 10.1. The maximum atomic E-state index is 11.3. The number of hydrogen-bond acceptors (Lipinski definition) is 9. The van der Waals surface area contributed by atoms with Gasteiger partial charge in [-0.15, -0.1) is 0 Å². The van der Waals surface area contributed by atoms with Crippen LogP contribution in [0.5, 0.6) is 11.5 Å². The van der Waals surface area contributed by atoms with E-state index in [1.165, 1.54) is 13.2 Å². The quantitative estimate of drug-likeness (QED) is 0.235. The van der Waals surface area contributed by atoms with Gasteiger partial charge in [0.1, 0.15) is 24.7 Å². The number of carbonyl (C=O) groups is 1. The summed E-state index contributed by atoms with van der Waals surface area (Å²) < 4.78 is 49.2. The molecule has 0 saturated heterocycles. The summed E-state index contributed by atoms with van der Waals surface area (Å²) in [6.45, 7) is 13.1. The molecule has 0 fully saturated rings. The Hall–Kier alpha value is -4.14. The second-order valence-electron chi connectivity index (χ2n) is 5.26. The second-order valence-corrected chi connectivity index (χ2v) is 6.35. The lowest BCUT2D eigenvalue weighted by molar-refractivity contribution is -0.141. The topological polar surface area (TPSA) is 165 Å². The van der Waals surface area contributed by atoms with E-state index < -0.39 is 41.0 Å². The number of benzene rings is 1. The molecule has 0 amide bonds. The van der Waals surface area contributed by atoms with Crippen molar-refractivity contribution in [1.29, 1.82) is 10.5 Å². The maximum absolute atomic E-state index is 11.3. The number of esters is 1. The lowest BCUT2D eigenvalue weighted by Crippen LogP contribution is -2.22. The Balaban J connectivity index is 3.57. The van der Waals surface area contributed by atoms with Gasteiger partial charge in [-0.3, -0.25) is 9.35 Å². The summed E-state index contributed by atoms with van der Waals surface area (Å²) >= 11 is 0. The van der Waals surface area contributed by atoms with Crippen molar-refractivity contribution < 1.29 is 36.2 Å². The van der Waals surface area contributed by atoms with Crippen molar-refractivity contribution in [2.24, 2.45) is 0 Å². The van der Waals surface area contributed by atoms with E-state index in [9.17, 15) is 23.7 Å². The molecule has 0 radical (unpaired) electrons. The van der Waals surface area contributed by atoms with Crippen LogP contribution >= 0.6 is 0 Å². The molecular formula is C18H14N4O8S. The average Bonchev–Trinajstić information content (AvgIpc) is 2.73. The van der Waals surface area contributed by atoms with Gasteiger partial charge >= 0.3 is 16.4 Å². The molecule has 13 heteroatoms. The van der Waals surface area contributed by atoms with Gasteiger partial charge < -0.3 is 14.2 Å². The fraction of sp³-hybridized carbons (Fsp3) is 0.278. The first-order valence-electron chi connectivity index (χ1n) is 8.12. The summed E-state index contributed by atoms with van der Waals surface area (Å²) in [6, 6.07) is 5.69. The van der Waals surface area contributed by atoms with Crippen molar-refractivity contribution in [2.75, 3.05) is 26.9 Å². The molecule has 1 N–H and O–H groups in total. The van der Waals surface area contributed by atoms with Gasteiger partial charge in [0.25, 0.3) is 11.4 Å². The van der Waals surface area contributed by atoms with Gasteiger partial charge in [-0.1, -0.05) is 0 Å². The summed E-state index contributed by atoms with van der Waals surface area (Å²) in [7, 11) is -3.51. The molecule has 0 aliphatic heterocycles. The predicted molar refractivity (Wildman–Crippen MR) is 102 cm³/mol. The van der Waals surface area contributed by atoms with Crippen LogP contribution in [0.3, 0.4) is 0 Å². The first-order valence-corrected chi connectivity index (χ1v) is 9.49. The maximum Gasteiger partial charge on any atom is 0.397 e. The van der Waals surface area contributed by atoms with Crippen LogP contribution < -0.4 is 19.9 Å². The van der Waals surface area contributed by atoms with Crippen molar-refractivity contribution in [2.45, 2.75) is 6.42 Å². The van der Waals surface area contributed by atoms with Gasteiger partial charge in [-0.25, -0.2) is 24.4 Å². The highest BCUT2D eigenvalue weighted by Crippen LogP contribution is 2.13. The van der Waals surface area contributed by atoms with E-state index in [1.54, 1.807) is 12.1 Å². The lowest BCUT2D eigenvalue weighted by Gasteiger charge is -2.12. The molecule has 31 heavy (non-hydrogen) atoms. The van der Waals surface area contributed by atoms with Crippen LogP contribution in [0.25, 0.3) is 21.1 Å². The third kappa shape index (κ3) is 7.65. The largest absolute Gasteiger partial charge is 0.494 e. The van der Waals surface area contributed by atoms with Gasteiger partial charge in [-0.05, 0) is 12.1 Å². The highest BCUT2D eigenvalue weighted by molar-refractivity contribution is 7.80. The highest BCUT2D eigenvalue weighted by Gasteiger charge is 2.13. The minimum absolute atomic E-state index is 0.0425. The van der Waals surface area contributed by atoms with E-state index in [4.69, 9.17) is 27.2 Å². The molecule has 0 spiro atoms. The molecule has 0 saturated carbocycles. The Morgan fingerprint density at radius 1 is 1.03 bits per heavy atom. The number of carbonyl (C=O) groups excluding carboxylic acids is 1. The summed E-state index contributed by atoms with van der Waals surface area (Å²) in [5, 5.41) is 18.3. The number of nitrogens with zero attached hydrogens (tertiary/aromatic N) is 4. The molecule has 0 aliphatic carbocycles. The molecule has 1 aromatic carbocycles. The highest BCUT2D eigenvalue weighted by atomic mass is 32.3. The van der Waals surface area contributed by atoms with Crippen LogP contribution in [0.2, 0.25) is 0 Å². The zero-order valence-corrected chi connectivity index (χ0v) is 16.8. The number of methoxy groups -OCH3 is 1. The number of ether oxygens (including phenoxy) is 3. The Morgan fingerprint density at radius 2 is 1.52 bits per heavy atom. The molecule has 12 nitrogen and oxygen atoms in total. The normalized spacial score (nSPS) is 12.2. The van der Waals surface area contributed by atoms with Gasteiger partial charge in [0.15, 0.2) is 0 Å². The standard InChI is InChI=1S/C18H14N4O8S/c1-21-14(10-19)12-9-17(29-6-7-30-31(24,25)26)13(15(11-20)22-2)8-16(12)28-5-4-18(23)27-3/h8-9H,4-7H2,3H3,(H,24,25,26)/b14-12-,15-13+. The molecule has 0 heterocycles. The zero-order valence-electron chi connectivity index (χ0n) is 16.0. The Labute approximate surface area is 177 Å². The fourth-order valence-electron chi connectivity index (χ4n) is 2.10. The molecule has 0 bridgehead atoms. The third-order valence-electron chi connectivity index (χ3n) is 3.39. The third-order valence-corrected chi connectivity index (χ3v) is 3.86. The van der Waals surface area contributed by atoms with Gasteiger partial charge in [0, 0.05) is 10.4 Å². The summed E-state index contributed by atoms with van der Waals surface area (Å²) in [6.07, 6.45) is -0.145. The first-order chi connectivity index (χ1) is 14.7. The smallest absolute Gasteiger partial charge is 0.397 e. The average molecular weight is 446 g/mol. The van der Waals surface area contributed by atoms with Gasteiger partial charge in [0.2, 0.25) is 0 Å². The minimum Gasteiger partial charge on any atom is -0.494 e. The van der Waals surface area contributed by atoms with Crippen molar-refractivity contribution in [3.63, 3.8) is 0 Å². The fourth-order valence-corrected chi connectivity index (χ4v) is 2.38. The van der Waals surface area contributed by atoms with Crippen molar-refractivity contribution in [1.82, 2.24) is 0 Å². The SMILES string of the molecule is [C-]#[N+]/C(C#N)=c1/cc(OCCOS(=O)(=O)O)/c(=C(\C#N)[N+]#[C-])cc1OCCC(=O)OC. The monoisotopic (exact) mass is 446 g/mol. The molecule has 0 aromatic heterocycles. The van der Waals surface area contributed by atoms with Crippen LogP contribution in [-0.2, 0) is 24.1 Å². The summed E-state index contributed by atoms with van der Waals surface area (Å²) in [5.41, 5.74) is -0.823. The predicted octanol–water partition coefficient (Wildman–Crippen LogP) is -0.0712. The van der Waals surface area contributed by atoms with Crippen molar-refractivity contribution in [3.05, 3.63) is 45.4 Å². The van der Waals surface area contributed by atoms with Gasteiger partial charge in [-0.2, -0.15) is 8.42 Å². The first kappa shape index (κ1) is 24.9. The molecule has 160 valence electrons. The number of hydrogen-bond donors (Lipinski definition) is 1. The van der Waals surface area contributed by atoms with E-state index in [1.807, 2.05) is 0 Å². The van der Waals surface area contributed by atoms with Crippen LogP contribution in [0.4, 0.5) is 0 Å². The minimum atomic E-state index is -4.70.